The molecule has 0 saturated carbocycles. The standard InChI is InChI=1S/C9H5BrClFN2S/c10-5-1-2-7(12)6(3-5)9-14-13-8(4-11)15-9/h1-3H,4H2. The fraction of sp³-hybridized carbons (Fsp3) is 0.111. The van der Waals surface area contributed by atoms with Crippen LogP contribution >= 0.6 is 38.9 Å². The van der Waals surface area contributed by atoms with Gasteiger partial charge >= 0.3 is 0 Å². The summed E-state index contributed by atoms with van der Waals surface area (Å²) in [6, 6.07) is 4.71. The minimum Gasteiger partial charge on any atom is -0.206 e. The summed E-state index contributed by atoms with van der Waals surface area (Å²) in [5.41, 5.74) is 0.443. The van der Waals surface area contributed by atoms with E-state index in [-0.39, 0.29) is 5.82 Å². The van der Waals surface area contributed by atoms with E-state index in [1.165, 1.54) is 17.4 Å². The molecule has 2 nitrogen and oxygen atoms in total. The third-order valence-electron chi connectivity index (χ3n) is 1.74. The van der Waals surface area contributed by atoms with Gasteiger partial charge in [0.05, 0.1) is 5.88 Å². The second-order valence-corrected chi connectivity index (χ2v) is 5.00. The molecule has 0 spiro atoms. The Hall–Kier alpha value is -0.520. The van der Waals surface area contributed by atoms with Crippen LogP contribution in [-0.4, -0.2) is 10.2 Å². The first-order valence-corrected chi connectivity index (χ1v) is 6.19. The van der Waals surface area contributed by atoms with Crippen molar-refractivity contribution in [2.24, 2.45) is 0 Å². The van der Waals surface area contributed by atoms with Crippen LogP contribution in [0.3, 0.4) is 0 Å². The maximum atomic E-state index is 13.5. The highest BCUT2D eigenvalue weighted by Crippen LogP contribution is 2.29. The Bertz CT molecular complexity index is 489. The number of aromatic nitrogens is 2. The zero-order valence-electron chi connectivity index (χ0n) is 7.38. The molecule has 78 valence electrons. The van der Waals surface area contributed by atoms with Crippen LogP contribution in [0.1, 0.15) is 5.01 Å². The Kier molecular flexibility index (Phi) is 3.33. The van der Waals surface area contributed by atoms with E-state index >= 15 is 0 Å². The molecule has 0 aliphatic rings. The molecule has 0 aliphatic heterocycles. The summed E-state index contributed by atoms with van der Waals surface area (Å²) < 4.78 is 14.3. The lowest BCUT2D eigenvalue weighted by atomic mass is 10.2. The second kappa shape index (κ2) is 4.55. The average molecular weight is 308 g/mol. The van der Waals surface area contributed by atoms with Gasteiger partial charge in [-0.15, -0.1) is 21.8 Å². The molecule has 0 atom stereocenters. The zero-order valence-corrected chi connectivity index (χ0v) is 10.5. The van der Waals surface area contributed by atoms with Gasteiger partial charge in [0.15, 0.2) is 5.01 Å². The Morgan fingerprint density at radius 2 is 2.20 bits per heavy atom. The quantitative estimate of drug-likeness (QED) is 0.788. The molecular formula is C9H5BrClFN2S. The van der Waals surface area contributed by atoms with Gasteiger partial charge in [-0.3, -0.25) is 0 Å². The predicted octanol–water partition coefficient (Wildman–Crippen LogP) is 3.85. The van der Waals surface area contributed by atoms with E-state index in [1.807, 2.05) is 0 Å². The number of hydrogen-bond acceptors (Lipinski definition) is 3. The molecule has 0 bridgehead atoms. The van der Waals surface area contributed by atoms with Crippen LogP contribution in [0.2, 0.25) is 0 Å². The lowest BCUT2D eigenvalue weighted by Crippen LogP contribution is -1.83. The van der Waals surface area contributed by atoms with E-state index in [0.29, 0.717) is 21.5 Å². The van der Waals surface area contributed by atoms with E-state index in [9.17, 15) is 4.39 Å². The summed E-state index contributed by atoms with van der Waals surface area (Å²) in [4.78, 5) is 0. The minimum atomic E-state index is -0.310. The van der Waals surface area contributed by atoms with Crippen LogP contribution in [0.25, 0.3) is 10.6 Å². The molecule has 0 radical (unpaired) electrons. The fourth-order valence-electron chi connectivity index (χ4n) is 1.08. The molecule has 1 aromatic carbocycles. The monoisotopic (exact) mass is 306 g/mol. The smallest absolute Gasteiger partial charge is 0.150 e. The van der Waals surface area contributed by atoms with Crippen molar-refractivity contribution in [1.29, 1.82) is 0 Å². The topological polar surface area (TPSA) is 25.8 Å². The molecule has 0 amide bonds. The first kappa shape index (κ1) is 11.0. The van der Waals surface area contributed by atoms with Crippen molar-refractivity contribution in [2.75, 3.05) is 0 Å². The van der Waals surface area contributed by atoms with Crippen LogP contribution < -0.4 is 0 Å². The van der Waals surface area contributed by atoms with Gasteiger partial charge in [0.1, 0.15) is 10.8 Å². The van der Waals surface area contributed by atoms with Crippen LogP contribution in [0.5, 0.6) is 0 Å². The molecule has 0 N–H and O–H groups in total. The van der Waals surface area contributed by atoms with Gasteiger partial charge in [-0.1, -0.05) is 27.3 Å². The Balaban J connectivity index is 2.48. The summed E-state index contributed by atoms with van der Waals surface area (Å²) in [5, 5.41) is 8.95. The zero-order chi connectivity index (χ0) is 10.8. The second-order valence-electron chi connectivity index (χ2n) is 2.76. The van der Waals surface area contributed by atoms with Gasteiger partial charge in [0.2, 0.25) is 0 Å². The highest BCUT2D eigenvalue weighted by molar-refractivity contribution is 9.10. The SMILES string of the molecule is Fc1ccc(Br)cc1-c1nnc(CCl)s1. The van der Waals surface area contributed by atoms with Gasteiger partial charge in [-0.2, -0.15) is 0 Å². The van der Waals surface area contributed by atoms with E-state index in [0.717, 1.165) is 4.47 Å². The van der Waals surface area contributed by atoms with Crippen LogP contribution in [0.15, 0.2) is 22.7 Å². The van der Waals surface area contributed by atoms with Crippen molar-refractivity contribution in [2.45, 2.75) is 5.88 Å². The van der Waals surface area contributed by atoms with Gasteiger partial charge in [0.25, 0.3) is 0 Å². The summed E-state index contributed by atoms with van der Waals surface area (Å²) in [6.07, 6.45) is 0. The lowest BCUT2D eigenvalue weighted by Gasteiger charge is -1.98. The Labute approximate surface area is 103 Å². The lowest BCUT2D eigenvalue weighted by molar-refractivity contribution is 0.630. The van der Waals surface area contributed by atoms with Crippen molar-refractivity contribution < 1.29 is 4.39 Å². The summed E-state index contributed by atoms with van der Waals surface area (Å²) in [5.74, 6) is -0.0108. The Morgan fingerprint density at radius 3 is 2.87 bits per heavy atom. The van der Waals surface area contributed by atoms with E-state index in [4.69, 9.17) is 11.6 Å². The van der Waals surface area contributed by atoms with E-state index < -0.39 is 0 Å². The van der Waals surface area contributed by atoms with Crippen molar-refractivity contribution >= 4 is 38.9 Å². The number of hydrogen-bond donors (Lipinski definition) is 0. The molecule has 1 aromatic heterocycles. The van der Waals surface area contributed by atoms with Gasteiger partial charge in [-0.05, 0) is 18.2 Å². The molecule has 15 heavy (non-hydrogen) atoms. The molecule has 0 unspecified atom stereocenters. The average Bonchev–Trinajstić information content (AvgIpc) is 2.70. The molecule has 0 aliphatic carbocycles. The fourth-order valence-corrected chi connectivity index (χ4v) is 2.36. The van der Waals surface area contributed by atoms with Crippen LogP contribution in [0, 0.1) is 5.82 Å². The number of benzene rings is 1. The molecule has 0 saturated heterocycles. The normalized spacial score (nSPS) is 10.6. The third-order valence-corrected chi connectivity index (χ3v) is 3.60. The summed E-state index contributed by atoms with van der Waals surface area (Å²) >= 11 is 10.2. The molecule has 0 fully saturated rings. The first-order chi connectivity index (χ1) is 7.20. The largest absolute Gasteiger partial charge is 0.206 e. The Morgan fingerprint density at radius 1 is 1.40 bits per heavy atom. The molecule has 1 heterocycles. The predicted molar refractivity (Wildman–Crippen MR) is 62.6 cm³/mol. The highest BCUT2D eigenvalue weighted by Gasteiger charge is 2.11. The summed E-state index contributed by atoms with van der Waals surface area (Å²) in [7, 11) is 0. The van der Waals surface area contributed by atoms with Gasteiger partial charge in [0, 0.05) is 10.0 Å². The molecule has 6 heteroatoms. The van der Waals surface area contributed by atoms with Crippen molar-refractivity contribution in [3.8, 4) is 10.6 Å². The maximum Gasteiger partial charge on any atom is 0.150 e. The number of halogens is 3. The first-order valence-electron chi connectivity index (χ1n) is 4.04. The van der Waals surface area contributed by atoms with Crippen molar-refractivity contribution in [3.05, 3.63) is 33.5 Å². The maximum absolute atomic E-state index is 13.5. The minimum absolute atomic E-state index is 0.299. The number of rotatable bonds is 2. The number of nitrogens with zero attached hydrogens (tertiary/aromatic N) is 2. The van der Waals surface area contributed by atoms with Crippen molar-refractivity contribution in [3.63, 3.8) is 0 Å². The van der Waals surface area contributed by atoms with Crippen LogP contribution in [-0.2, 0) is 5.88 Å². The van der Waals surface area contributed by atoms with Gasteiger partial charge in [-0.25, -0.2) is 4.39 Å². The highest BCUT2D eigenvalue weighted by atomic mass is 79.9. The van der Waals surface area contributed by atoms with E-state index in [2.05, 4.69) is 26.1 Å². The number of alkyl halides is 1. The molecule has 2 rings (SSSR count). The third kappa shape index (κ3) is 2.35. The summed E-state index contributed by atoms with van der Waals surface area (Å²) in [6.45, 7) is 0. The molecular weight excluding hydrogens is 303 g/mol. The van der Waals surface area contributed by atoms with E-state index in [1.54, 1.807) is 12.1 Å². The van der Waals surface area contributed by atoms with Crippen molar-refractivity contribution in [1.82, 2.24) is 10.2 Å². The van der Waals surface area contributed by atoms with Gasteiger partial charge < -0.3 is 0 Å². The van der Waals surface area contributed by atoms with Crippen LogP contribution in [0.4, 0.5) is 4.39 Å². The molecule has 2 aromatic rings.